The summed E-state index contributed by atoms with van der Waals surface area (Å²) >= 11 is 0. The van der Waals surface area contributed by atoms with E-state index < -0.39 is 0 Å². The molecular formula is C23H33N5O. The molecule has 6 nitrogen and oxygen atoms in total. The number of aliphatic imine (C=N–C) groups is 1. The van der Waals surface area contributed by atoms with E-state index in [-0.39, 0.29) is 6.10 Å². The van der Waals surface area contributed by atoms with Crippen LogP contribution in [0.4, 0.5) is 5.82 Å². The summed E-state index contributed by atoms with van der Waals surface area (Å²) in [4.78, 5) is 11.4. The maximum Gasteiger partial charge on any atom is 0.191 e. The van der Waals surface area contributed by atoms with Crippen molar-refractivity contribution in [3.63, 3.8) is 0 Å². The van der Waals surface area contributed by atoms with Crippen LogP contribution >= 0.6 is 0 Å². The average molecular weight is 396 g/mol. The Hall–Kier alpha value is -2.76. The Kier molecular flexibility index (Phi) is 7.33. The normalized spacial score (nSPS) is 16.4. The molecule has 1 aromatic carbocycles. The second-order valence-electron chi connectivity index (χ2n) is 7.69. The van der Waals surface area contributed by atoms with Crippen molar-refractivity contribution in [2.24, 2.45) is 4.99 Å². The number of aromatic nitrogens is 1. The van der Waals surface area contributed by atoms with Gasteiger partial charge in [0, 0.05) is 31.9 Å². The predicted octanol–water partition coefficient (Wildman–Crippen LogP) is 3.30. The molecule has 1 aliphatic rings. The van der Waals surface area contributed by atoms with Crippen molar-refractivity contribution in [2.45, 2.75) is 45.8 Å². The average Bonchev–Trinajstić information content (AvgIpc) is 2.73. The topological polar surface area (TPSA) is 61.8 Å². The van der Waals surface area contributed by atoms with Crippen LogP contribution < -0.4 is 20.3 Å². The smallest absolute Gasteiger partial charge is 0.191 e. The van der Waals surface area contributed by atoms with Crippen LogP contribution in [-0.4, -0.2) is 49.8 Å². The molecule has 2 heterocycles. The lowest BCUT2D eigenvalue weighted by molar-refractivity contribution is 0.222. The highest BCUT2D eigenvalue weighted by atomic mass is 16.5. The molecule has 0 radical (unpaired) electrons. The molecule has 1 aliphatic heterocycles. The first-order chi connectivity index (χ1) is 14.0. The Morgan fingerprint density at radius 2 is 1.93 bits per heavy atom. The van der Waals surface area contributed by atoms with Gasteiger partial charge in [0.1, 0.15) is 17.7 Å². The van der Waals surface area contributed by atoms with Gasteiger partial charge in [0.25, 0.3) is 0 Å². The molecule has 156 valence electrons. The number of nitrogens with zero attached hydrogens (tertiary/aromatic N) is 3. The molecule has 0 bridgehead atoms. The number of guanidine groups is 1. The summed E-state index contributed by atoms with van der Waals surface area (Å²) in [5, 5.41) is 6.95. The summed E-state index contributed by atoms with van der Waals surface area (Å²) in [5.41, 5.74) is 2.21. The molecule has 3 rings (SSSR count). The van der Waals surface area contributed by atoms with Crippen LogP contribution in [0.1, 0.15) is 31.0 Å². The molecule has 29 heavy (non-hydrogen) atoms. The number of piperidine rings is 1. The van der Waals surface area contributed by atoms with Crippen LogP contribution in [-0.2, 0) is 0 Å². The lowest BCUT2D eigenvalue weighted by Crippen LogP contribution is -2.50. The van der Waals surface area contributed by atoms with E-state index in [4.69, 9.17) is 4.74 Å². The minimum absolute atomic E-state index is 0.0453. The molecular weight excluding hydrogens is 362 g/mol. The Morgan fingerprint density at radius 1 is 1.17 bits per heavy atom. The zero-order chi connectivity index (χ0) is 20.6. The van der Waals surface area contributed by atoms with E-state index >= 15 is 0 Å². The largest absolute Gasteiger partial charge is 0.489 e. The first kappa shape index (κ1) is 21.0. The molecule has 2 N–H and O–H groups in total. The molecule has 1 fully saturated rings. The van der Waals surface area contributed by atoms with Crippen molar-refractivity contribution in [1.29, 1.82) is 0 Å². The first-order valence-corrected chi connectivity index (χ1v) is 10.4. The van der Waals surface area contributed by atoms with Crippen molar-refractivity contribution in [3.05, 3.63) is 53.7 Å². The number of anilines is 1. The maximum atomic E-state index is 6.04. The van der Waals surface area contributed by atoms with Crippen molar-refractivity contribution < 1.29 is 4.74 Å². The second kappa shape index (κ2) is 10.1. The number of aryl methyl sites for hydroxylation is 2. The number of para-hydroxylation sites is 1. The SMILES string of the molecule is CN=C(NCC(C)Oc1ccccc1C)NC1CCN(c2cccc(C)n2)CC1. The maximum absolute atomic E-state index is 6.04. The standard InChI is InChI=1S/C23H33N5O/c1-17-8-5-6-10-21(17)29-19(3)16-25-23(24-4)27-20-12-14-28(15-13-20)22-11-7-9-18(2)26-22/h5-11,19-20H,12-16H2,1-4H3,(H2,24,25,27). The zero-order valence-corrected chi connectivity index (χ0v) is 18.0. The van der Waals surface area contributed by atoms with Gasteiger partial charge in [-0.1, -0.05) is 24.3 Å². The molecule has 6 heteroatoms. The van der Waals surface area contributed by atoms with Gasteiger partial charge in [0.15, 0.2) is 5.96 Å². The van der Waals surface area contributed by atoms with E-state index in [0.717, 1.165) is 54.7 Å². The molecule has 1 atom stereocenters. The van der Waals surface area contributed by atoms with Gasteiger partial charge in [-0.15, -0.1) is 0 Å². The monoisotopic (exact) mass is 395 g/mol. The fourth-order valence-electron chi connectivity index (χ4n) is 3.53. The quantitative estimate of drug-likeness (QED) is 0.580. The summed E-state index contributed by atoms with van der Waals surface area (Å²) in [7, 11) is 1.81. The minimum atomic E-state index is 0.0453. The van der Waals surface area contributed by atoms with Crippen molar-refractivity contribution in [1.82, 2.24) is 15.6 Å². The predicted molar refractivity (Wildman–Crippen MR) is 120 cm³/mol. The summed E-state index contributed by atoms with van der Waals surface area (Å²) in [5.74, 6) is 2.84. The molecule has 0 spiro atoms. The van der Waals surface area contributed by atoms with Crippen molar-refractivity contribution in [3.8, 4) is 5.75 Å². The number of pyridine rings is 1. The van der Waals surface area contributed by atoms with E-state index in [2.05, 4.69) is 57.6 Å². The summed E-state index contributed by atoms with van der Waals surface area (Å²) in [6.07, 6.45) is 2.17. The molecule has 1 saturated heterocycles. The molecule has 0 amide bonds. The third-order valence-electron chi connectivity index (χ3n) is 5.24. The summed E-state index contributed by atoms with van der Waals surface area (Å²) in [6.45, 7) is 8.86. The van der Waals surface area contributed by atoms with E-state index in [1.807, 2.05) is 38.2 Å². The fourth-order valence-corrected chi connectivity index (χ4v) is 3.53. The second-order valence-corrected chi connectivity index (χ2v) is 7.69. The van der Waals surface area contributed by atoms with Gasteiger partial charge in [-0.25, -0.2) is 4.98 Å². The number of hydrogen-bond donors (Lipinski definition) is 2. The lowest BCUT2D eigenvalue weighted by Gasteiger charge is -2.34. The van der Waals surface area contributed by atoms with Crippen LogP contribution in [0.5, 0.6) is 5.75 Å². The van der Waals surface area contributed by atoms with Crippen LogP contribution in [0.3, 0.4) is 0 Å². The highest BCUT2D eigenvalue weighted by molar-refractivity contribution is 5.80. The Labute approximate surface area is 174 Å². The van der Waals surface area contributed by atoms with E-state index in [9.17, 15) is 0 Å². The van der Waals surface area contributed by atoms with Crippen LogP contribution in [0, 0.1) is 13.8 Å². The molecule has 1 unspecified atom stereocenters. The number of hydrogen-bond acceptors (Lipinski definition) is 4. The lowest BCUT2D eigenvalue weighted by atomic mass is 10.1. The first-order valence-electron chi connectivity index (χ1n) is 10.4. The van der Waals surface area contributed by atoms with Gasteiger partial charge < -0.3 is 20.3 Å². The van der Waals surface area contributed by atoms with Gasteiger partial charge in [0.05, 0.1) is 6.54 Å². The number of ether oxygens (including phenoxy) is 1. The Morgan fingerprint density at radius 3 is 2.62 bits per heavy atom. The molecule has 1 aromatic heterocycles. The third kappa shape index (κ3) is 6.11. The van der Waals surface area contributed by atoms with Gasteiger partial charge in [-0.05, 0) is 57.4 Å². The van der Waals surface area contributed by atoms with Crippen LogP contribution in [0.25, 0.3) is 0 Å². The van der Waals surface area contributed by atoms with Gasteiger partial charge in [0.2, 0.25) is 0 Å². The number of rotatable bonds is 6. The summed E-state index contributed by atoms with van der Waals surface area (Å²) < 4.78 is 6.04. The minimum Gasteiger partial charge on any atom is -0.489 e. The van der Waals surface area contributed by atoms with Crippen molar-refractivity contribution in [2.75, 3.05) is 31.6 Å². The van der Waals surface area contributed by atoms with E-state index in [1.165, 1.54) is 0 Å². The third-order valence-corrected chi connectivity index (χ3v) is 5.24. The summed E-state index contributed by atoms with van der Waals surface area (Å²) in [6, 6.07) is 14.7. The molecule has 0 saturated carbocycles. The van der Waals surface area contributed by atoms with Gasteiger partial charge >= 0.3 is 0 Å². The fraction of sp³-hybridized carbons (Fsp3) is 0.478. The Bertz CT molecular complexity index is 814. The Balaban J connectivity index is 1.43. The van der Waals surface area contributed by atoms with Gasteiger partial charge in [-0.3, -0.25) is 4.99 Å². The number of benzene rings is 1. The van der Waals surface area contributed by atoms with Crippen LogP contribution in [0.15, 0.2) is 47.5 Å². The molecule has 2 aromatic rings. The highest BCUT2D eigenvalue weighted by Crippen LogP contribution is 2.19. The van der Waals surface area contributed by atoms with Crippen LogP contribution in [0.2, 0.25) is 0 Å². The van der Waals surface area contributed by atoms with Gasteiger partial charge in [-0.2, -0.15) is 0 Å². The van der Waals surface area contributed by atoms with E-state index in [1.54, 1.807) is 0 Å². The molecule has 0 aliphatic carbocycles. The highest BCUT2D eigenvalue weighted by Gasteiger charge is 2.21. The zero-order valence-electron chi connectivity index (χ0n) is 18.0. The number of nitrogens with one attached hydrogen (secondary N) is 2. The van der Waals surface area contributed by atoms with E-state index in [0.29, 0.717) is 12.6 Å². The van der Waals surface area contributed by atoms with Crippen molar-refractivity contribution >= 4 is 11.8 Å².